The van der Waals surface area contributed by atoms with E-state index in [1.54, 1.807) is 43.3 Å². The van der Waals surface area contributed by atoms with Crippen molar-refractivity contribution < 1.29 is 22.7 Å². The molecule has 1 fully saturated rings. The van der Waals surface area contributed by atoms with Crippen molar-refractivity contribution in [3.05, 3.63) is 47.5 Å². The van der Waals surface area contributed by atoms with Crippen LogP contribution in [0.4, 0.5) is 11.4 Å². The largest absolute Gasteiger partial charge is 0.481 e. The van der Waals surface area contributed by atoms with Gasteiger partial charge in [-0.25, -0.2) is 8.42 Å². The number of nitrogens with one attached hydrogen (secondary N) is 1. The summed E-state index contributed by atoms with van der Waals surface area (Å²) in [7, 11) is -3.71. The Balaban J connectivity index is 1.87. The Kier molecular flexibility index (Phi) is 8.58. The van der Waals surface area contributed by atoms with Crippen molar-refractivity contribution in [3.63, 3.8) is 0 Å². The summed E-state index contributed by atoms with van der Waals surface area (Å²) >= 11 is 5.90. The van der Waals surface area contributed by atoms with Gasteiger partial charge in [0.1, 0.15) is 5.75 Å². The quantitative estimate of drug-likeness (QED) is 0.571. The molecule has 0 saturated carbocycles. The zero-order chi connectivity index (χ0) is 24.0. The van der Waals surface area contributed by atoms with Crippen molar-refractivity contribution in [2.45, 2.75) is 31.8 Å². The van der Waals surface area contributed by atoms with E-state index in [1.807, 2.05) is 18.7 Å². The molecule has 1 amide bonds. The molecule has 0 aromatic heterocycles. The SMILES string of the molecule is CCN(CC)c1ccc(S(=O)(=O)N2CCOCC2)cc1NC(=O)C(C)Oc1ccc(Cl)cc1. The van der Waals surface area contributed by atoms with E-state index in [2.05, 4.69) is 5.32 Å². The average molecular weight is 496 g/mol. The fourth-order valence-electron chi connectivity index (χ4n) is 3.56. The highest BCUT2D eigenvalue weighted by Gasteiger charge is 2.28. The van der Waals surface area contributed by atoms with Crippen LogP contribution < -0.4 is 15.0 Å². The maximum Gasteiger partial charge on any atom is 0.265 e. The van der Waals surface area contributed by atoms with Crippen LogP contribution in [-0.2, 0) is 19.6 Å². The van der Waals surface area contributed by atoms with Crippen LogP contribution in [0.2, 0.25) is 5.02 Å². The summed E-state index contributed by atoms with van der Waals surface area (Å²) in [5, 5.41) is 3.44. The fourth-order valence-corrected chi connectivity index (χ4v) is 5.12. The Hall–Kier alpha value is -2.33. The highest BCUT2D eigenvalue weighted by Crippen LogP contribution is 2.31. The van der Waals surface area contributed by atoms with Crippen LogP contribution in [0, 0.1) is 0 Å². The van der Waals surface area contributed by atoms with Gasteiger partial charge in [0, 0.05) is 31.2 Å². The first-order valence-electron chi connectivity index (χ1n) is 11.0. The van der Waals surface area contributed by atoms with E-state index in [0.717, 1.165) is 5.69 Å². The van der Waals surface area contributed by atoms with Crippen LogP contribution in [-0.4, -0.2) is 64.1 Å². The third-order valence-electron chi connectivity index (χ3n) is 5.43. The number of hydrogen-bond acceptors (Lipinski definition) is 6. The summed E-state index contributed by atoms with van der Waals surface area (Å²) < 4.78 is 38.7. The van der Waals surface area contributed by atoms with Crippen LogP contribution in [0.1, 0.15) is 20.8 Å². The number of rotatable bonds is 9. The van der Waals surface area contributed by atoms with Crippen LogP contribution in [0.15, 0.2) is 47.4 Å². The maximum absolute atomic E-state index is 13.2. The molecule has 0 bridgehead atoms. The third-order valence-corrected chi connectivity index (χ3v) is 7.58. The molecule has 1 heterocycles. The predicted octanol–water partition coefficient (Wildman–Crippen LogP) is 3.61. The van der Waals surface area contributed by atoms with Gasteiger partial charge >= 0.3 is 0 Å². The molecule has 1 aliphatic heterocycles. The first-order chi connectivity index (χ1) is 15.8. The molecule has 33 heavy (non-hydrogen) atoms. The molecule has 1 unspecified atom stereocenters. The van der Waals surface area contributed by atoms with Gasteiger partial charge < -0.3 is 19.7 Å². The zero-order valence-corrected chi connectivity index (χ0v) is 20.7. The Morgan fingerprint density at radius 2 is 1.79 bits per heavy atom. The second-order valence-electron chi connectivity index (χ2n) is 7.57. The number of sulfonamides is 1. The van der Waals surface area contributed by atoms with Gasteiger partial charge in [-0.15, -0.1) is 0 Å². The Morgan fingerprint density at radius 1 is 1.15 bits per heavy atom. The van der Waals surface area contributed by atoms with E-state index in [9.17, 15) is 13.2 Å². The third kappa shape index (κ3) is 6.17. The molecule has 2 aromatic carbocycles. The second-order valence-corrected chi connectivity index (χ2v) is 9.95. The lowest BCUT2D eigenvalue weighted by Gasteiger charge is -2.28. The Morgan fingerprint density at radius 3 is 2.39 bits per heavy atom. The molecule has 1 aliphatic rings. The number of halogens is 1. The monoisotopic (exact) mass is 495 g/mol. The van der Waals surface area contributed by atoms with E-state index in [0.29, 0.717) is 55.9 Å². The van der Waals surface area contributed by atoms with E-state index in [4.69, 9.17) is 21.1 Å². The van der Waals surface area contributed by atoms with Crippen LogP contribution >= 0.6 is 11.6 Å². The highest BCUT2D eigenvalue weighted by atomic mass is 35.5. The number of ether oxygens (including phenoxy) is 2. The fraction of sp³-hybridized carbons (Fsp3) is 0.435. The van der Waals surface area contributed by atoms with E-state index in [-0.39, 0.29) is 10.8 Å². The summed E-state index contributed by atoms with van der Waals surface area (Å²) in [5.74, 6) is 0.119. The summed E-state index contributed by atoms with van der Waals surface area (Å²) in [6.07, 6.45) is -0.810. The molecule has 180 valence electrons. The number of carbonyl (C=O) groups is 1. The van der Waals surface area contributed by atoms with Gasteiger partial charge in [0.25, 0.3) is 5.91 Å². The molecule has 8 nitrogen and oxygen atoms in total. The summed E-state index contributed by atoms with van der Waals surface area (Å²) in [5.41, 5.74) is 1.16. The lowest BCUT2D eigenvalue weighted by Crippen LogP contribution is -2.40. The number of morpholine rings is 1. The summed E-state index contributed by atoms with van der Waals surface area (Å²) in [4.78, 5) is 15.1. The minimum absolute atomic E-state index is 0.127. The minimum atomic E-state index is -3.71. The Labute approximate surface area is 200 Å². The normalized spacial score (nSPS) is 15.6. The van der Waals surface area contributed by atoms with Crippen molar-refractivity contribution in [1.29, 1.82) is 0 Å². The van der Waals surface area contributed by atoms with Gasteiger partial charge in [-0.3, -0.25) is 4.79 Å². The Bertz CT molecular complexity index is 1050. The van der Waals surface area contributed by atoms with E-state index >= 15 is 0 Å². The van der Waals surface area contributed by atoms with Gasteiger partial charge in [0.05, 0.1) is 29.5 Å². The molecule has 1 saturated heterocycles. The number of amides is 1. The molecule has 2 aromatic rings. The van der Waals surface area contributed by atoms with E-state index in [1.165, 1.54) is 10.4 Å². The van der Waals surface area contributed by atoms with Crippen molar-refractivity contribution in [2.24, 2.45) is 0 Å². The first-order valence-corrected chi connectivity index (χ1v) is 12.8. The van der Waals surface area contributed by atoms with Gasteiger partial charge in [0.15, 0.2) is 6.10 Å². The average Bonchev–Trinajstić information content (AvgIpc) is 2.82. The predicted molar refractivity (Wildman–Crippen MR) is 130 cm³/mol. The molecular weight excluding hydrogens is 466 g/mol. The highest BCUT2D eigenvalue weighted by molar-refractivity contribution is 7.89. The zero-order valence-electron chi connectivity index (χ0n) is 19.1. The number of hydrogen-bond donors (Lipinski definition) is 1. The standard InChI is InChI=1S/C23H30ClN3O5S/c1-4-26(5-2)22-11-10-20(33(29,30)27-12-14-31-15-13-27)16-21(22)25-23(28)17(3)32-19-8-6-18(24)7-9-19/h6-11,16-17H,4-5,12-15H2,1-3H3,(H,25,28). The van der Waals surface area contributed by atoms with Gasteiger partial charge in [0.2, 0.25) is 10.0 Å². The number of benzene rings is 2. The van der Waals surface area contributed by atoms with Crippen molar-refractivity contribution in [2.75, 3.05) is 49.6 Å². The molecule has 10 heteroatoms. The molecule has 1 atom stereocenters. The van der Waals surface area contributed by atoms with Crippen molar-refractivity contribution >= 4 is 38.9 Å². The van der Waals surface area contributed by atoms with E-state index < -0.39 is 16.1 Å². The molecule has 3 rings (SSSR count). The molecule has 0 radical (unpaired) electrons. The van der Waals surface area contributed by atoms with Crippen molar-refractivity contribution in [3.8, 4) is 5.75 Å². The number of carbonyl (C=O) groups excluding carboxylic acids is 1. The molecule has 0 aliphatic carbocycles. The van der Waals surface area contributed by atoms with Crippen LogP contribution in [0.3, 0.4) is 0 Å². The van der Waals surface area contributed by atoms with Gasteiger partial charge in [-0.1, -0.05) is 11.6 Å². The number of anilines is 2. The van der Waals surface area contributed by atoms with Gasteiger partial charge in [-0.05, 0) is 63.2 Å². The first kappa shape index (κ1) is 25.3. The minimum Gasteiger partial charge on any atom is -0.481 e. The van der Waals surface area contributed by atoms with Crippen LogP contribution in [0.5, 0.6) is 5.75 Å². The molecule has 0 spiro atoms. The lowest BCUT2D eigenvalue weighted by atomic mass is 10.2. The van der Waals surface area contributed by atoms with Crippen molar-refractivity contribution in [1.82, 2.24) is 4.31 Å². The molecular formula is C23H30ClN3O5S. The summed E-state index contributed by atoms with van der Waals surface area (Å²) in [6, 6.07) is 11.6. The smallest absolute Gasteiger partial charge is 0.265 e. The lowest BCUT2D eigenvalue weighted by molar-refractivity contribution is -0.122. The van der Waals surface area contributed by atoms with Crippen LogP contribution in [0.25, 0.3) is 0 Å². The second kappa shape index (κ2) is 11.2. The molecule has 1 N–H and O–H groups in total. The summed E-state index contributed by atoms with van der Waals surface area (Å²) in [6.45, 7) is 8.35. The maximum atomic E-state index is 13.2. The topological polar surface area (TPSA) is 88.2 Å². The number of nitrogens with zero attached hydrogens (tertiary/aromatic N) is 2. The van der Waals surface area contributed by atoms with Gasteiger partial charge in [-0.2, -0.15) is 4.31 Å².